The fourth-order valence-electron chi connectivity index (χ4n) is 10.9. The van der Waals surface area contributed by atoms with Gasteiger partial charge in [-0.05, 0) is 86.6 Å². The second kappa shape index (κ2) is 17.1. The van der Waals surface area contributed by atoms with Gasteiger partial charge in [-0.3, -0.25) is 0 Å². The van der Waals surface area contributed by atoms with Crippen LogP contribution in [0.3, 0.4) is 0 Å². The van der Waals surface area contributed by atoms with Crippen LogP contribution in [0, 0.1) is 0 Å². The van der Waals surface area contributed by atoms with Crippen molar-refractivity contribution in [2.45, 2.75) is 0 Å². The molecule has 0 fully saturated rings. The normalized spacial score (nSPS) is 11.6. The van der Waals surface area contributed by atoms with Crippen molar-refractivity contribution in [3.63, 3.8) is 0 Å². The van der Waals surface area contributed by atoms with Gasteiger partial charge < -0.3 is 9.13 Å². The van der Waals surface area contributed by atoms with Gasteiger partial charge in [-0.25, -0.2) is 15.0 Å². The molecule has 0 aliphatic heterocycles. The summed E-state index contributed by atoms with van der Waals surface area (Å²) in [5, 5.41) is 7.01. The van der Waals surface area contributed by atoms with E-state index < -0.39 is 0 Å². The summed E-state index contributed by atoms with van der Waals surface area (Å²) in [5.74, 6) is 1.83. The second-order valence-electron chi connectivity index (χ2n) is 18.4. The summed E-state index contributed by atoms with van der Waals surface area (Å²) in [6, 6.07) is 92.9. The quantitative estimate of drug-likeness (QED) is 0.153. The first kappa shape index (κ1) is 41.3. The topological polar surface area (TPSA) is 48.5 Å². The maximum Gasteiger partial charge on any atom is 0.164 e. The first-order valence-corrected chi connectivity index (χ1v) is 24.4. The minimum atomic E-state index is 0.608. The van der Waals surface area contributed by atoms with E-state index in [9.17, 15) is 0 Å². The molecule has 14 aromatic rings. The molecule has 0 unspecified atom stereocenters. The third-order valence-corrected chi connectivity index (χ3v) is 14.2. The molecular formula is C67H43N5. The first-order chi connectivity index (χ1) is 35.7. The van der Waals surface area contributed by atoms with Gasteiger partial charge >= 0.3 is 0 Å². The Labute approximate surface area is 416 Å². The highest BCUT2D eigenvalue weighted by molar-refractivity contribution is 6.18. The maximum absolute atomic E-state index is 5.40. The average Bonchev–Trinajstić information content (AvgIpc) is 3.99. The van der Waals surface area contributed by atoms with E-state index in [1.54, 1.807) is 0 Å². The molecule has 11 aromatic carbocycles. The largest absolute Gasteiger partial charge is 0.307 e. The molecule has 0 aliphatic carbocycles. The number of para-hydroxylation sites is 3. The second-order valence-corrected chi connectivity index (χ2v) is 18.4. The van der Waals surface area contributed by atoms with Gasteiger partial charge in [0.2, 0.25) is 0 Å². The van der Waals surface area contributed by atoms with Crippen molar-refractivity contribution in [1.82, 2.24) is 24.1 Å². The number of rotatable bonds is 8. The van der Waals surface area contributed by atoms with Gasteiger partial charge in [0.1, 0.15) is 0 Å². The minimum Gasteiger partial charge on any atom is -0.307 e. The van der Waals surface area contributed by atoms with E-state index in [1.807, 2.05) is 6.07 Å². The molecule has 0 bridgehead atoms. The monoisotopic (exact) mass is 917 g/mol. The minimum absolute atomic E-state index is 0.608. The lowest BCUT2D eigenvalue weighted by atomic mass is 9.97. The van der Waals surface area contributed by atoms with Crippen molar-refractivity contribution in [2.24, 2.45) is 0 Å². The van der Waals surface area contributed by atoms with Crippen LogP contribution in [0.2, 0.25) is 0 Å². The molecular weight excluding hydrogens is 875 g/mol. The van der Waals surface area contributed by atoms with E-state index in [0.717, 1.165) is 77.6 Å². The summed E-state index contributed by atoms with van der Waals surface area (Å²) >= 11 is 0. The molecule has 3 aromatic heterocycles. The van der Waals surface area contributed by atoms with Gasteiger partial charge in [0, 0.05) is 43.9 Å². The van der Waals surface area contributed by atoms with Crippen LogP contribution in [0.4, 0.5) is 0 Å². The lowest BCUT2D eigenvalue weighted by Gasteiger charge is -2.15. The predicted octanol–water partition coefficient (Wildman–Crippen LogP) is 17.2. The highest BCUT2D eigenvalue weighted by atomic mass is 15.1. The van der Waals surface area contributed by atoms with Crippen molar-refractivity contribution >= 4 is 54.4 Å². The number of nitrogens with zero attached hydrogens (tertiary/aromatic N) is 5. The molecule has 0 amide bonds. The summed E-state index contributed by atoms with van der Waals surface area (Å²) in [6.07, 6.45) is 0. The van der Waals surface area contributed by atoms with Crippen LogP contribution in [0.5, 0.6) is 0 Å². The summed E-state index contributed by atoms with van der Waals surface area (Å²) in [6.45, 7) is 0. The molecule has 5 heteroatoms. The molecule has 0 aliphatic rings. The lowest BCUT2D eigenvalue weighted by Crippen LogP contribution is -2.01. The predicted molar refractivity (Wildman–Crippen MR) is 299 cm³/mol. The third kappa shape index (κ3) is 6.90. The summed E-state index contributed by atoms with van der Waals surface area (Å²) in [7, 11) is 0. The number of benzene rings is 11. The molecule has 0 atom stereocenters. The van der Waals surface area contributed by atoms with Gasteiger partial charge in [-0.2, -0.15) is 0 Å². The highest BCUT2D eigenvalue weighted by Crippen LogP contribution is 2.43. The van der Waals surface area contributed by atoms with Crippen LogP contribution < -0.4 is 0 Å². The zero-order valence-corrected chi connectivity index (χ0v) is 39.1. The molecule has 0 saturated heterocycles. The molecule has 14 rings (SSSR count). The third-order valence-electron chi connectivity index (χ3n) is 14.2. The van der Waals surface area contributed by atoms with Crippen molar-refractivity contribution in [3.05, 3.63) is 261 Å². The molecule has 0 N–H and O–H groups in total. The van der Waals surface area contributed by atoms with E-state index in [0.29, 0.717) is 17.5 Å². The molecule has 0 radical (unpaired) electrons. The number of fused-ring (bicyclic) bond motifs is 7. The average molecular weight is 918 g/mol. The fourth-order valence-corrected chi connectivity index (χ4v) is 10.9. The van der Waals surface area contributed by atoms with E-state index in [4.69, 9.17) is 15.0 Å². The molecule has 336 valence electrons. The number of aromatic nitrogens is 5. The Hall–Kier alpha value is -9.71. The lowest BCUT2D eigenvalue weighted by molar-refractivity contribution is 1.08. The molecule has 0 spiro atoms. The molecule has 0 saturated carbocycles. The van der Waals surface area contributed by atoms with E-state index in [2.05, 4.69) is 264 Å². The van der Waals surface area contributed by atoms with E-state index in [1.165, 1.54) is 38.2 Å². The SMILES string of the molecule is c1ccc(-c2cccc(-c3nc(-c4ccc(-c5cccc6ccccc56)cc4)nc(-c4cccc5c4c4ccccc4n5-c4cccc5c6ccccc6n(-c6cccc(-c7ccccc7)c6)c45)n3)c2)cc1. The van der Waals surface area contributed by atoms with Crippen LogP contribution in [-0.4, -0.2) is 24.1 Å². The van der Waals surface area contributed by atoms with Gasteiger partial charge in [0.05, 0.1) is 27.8 Å². The van der Waals surface area contributed by atoms with E-state index >= 15 is 0 Å². The summed E-state index contributed by atoms with van der Waals surface area (Å²) in [4.78, 5) is 16.1. The Bertz CT molecular complexity index is 4370. The van der Waals surface area contributed by atoms with Crippen LogP contribution >= 0.6 is 0 Å². The standard InChI is InChI=1S/C67H43N5/c1-3-18-44(19-4-1)49-24-13-26-51(42-49)66-68-65(48-40-38-47(39-41-48)54-31-15-23-46-22-7-8-28-53(46)54)69-67(70-66)58-33-17-36-61-63(58)57-30-10-12-35-60(57)72(61)62-37-16-32-56-55-29-9-11-34-59(55)71(64(56)62)52-27-14-25-50(43-52)45-20-5-2-6-21-45/h1-43H. The molecule has 72 heavy (non-hydrogen) atoms. The highest BCUT2D eigenvalue weighted by Gasteiger charge is 2.23. The Morgan fingerprint density at radius 2 is 0.764 bits per heavy atom. The smallest absolute Gasteiger partial charge is 0.164 e. The van der Waals surface area contributed by atoms with E-state index in [-0.39, 0.29) is 0 Å². The fraction of sp³-hybridized carbons (Fsp3) is 0. The van der Waals surface area contributed by atoms with Gasteiger partial charge in [0.15, 0.2) is 17.5 Å². The number of hydrogen-bond acceptors (Lipinski definition) is 3. The Morgan fingerprint density at radius 3 is 1.54 bits per heavy atom. The van der Waals surface area contributed by atoms with Crippen molar-refractivity contribution < 1.29 is 0 Å². The first-order valence-electron chi connectivity index (χ1n) is 24.4. The summed E-state index contributed by atoms with van der Waals surface area (Å²) in [5.41, 5.74) is 16.3. The van der Waals surface area contributed by atoms with Crippen LogP contribution in [-0.2, 0) is 0 Å². The zero-order valence-electron chi connectivity index (χ0n) is 39.1. The van der Waals surface area contributed by atoms with Crippen LogP contribution in [0.1, 0.15) is 0 Å². The Kier molecular flexibility index (Phi) is 9.78. The Morgan fingerprint density at radius 1 is 0.264 bits per heavy atom. The molecule has 5 nitrogen and oxygen atoms in total. The molecule has 3 heterocycles. The summed E-state index contributed by atoms with van der Waals surface area (Å²) < 4.78 is 4.88. The van der Waals surface area contributed by atoms with Crippen LogP contribution in [0.15, 0.2) is 261 Å². The maximum atomic E-state index is 5.40. The van der Waals surface area contributed by atoms with Gasteiger partial charge in [0.25, 0.3) is 0 Å². The Balaban J connectivity index is 0.985. The van der Waals surface area contributed by atoms with Gasteiger partial charge in [-0.1, -0.05) is 218 Å². The van der Waals surface area contributed by atoms with Crippen molar-refractivity contribution in [3.8, 4) is 78.9 Å². The van der Waals surface area contributed by atoms with Gasteiger partial charge in [-0.15, -0.1) is 0 Å². The van der Waals surface area contributed by atoms with Crippen LogP contribution in [0.25, 0.3) is 133 Å². The zero-order chi connectivity index (χ0) is 47.5. The number of hydrogen-bond donors (Lipinski definition) is 0. The van der Waals surface area contributed by atoms with Crippen molar-refractivity contribution in [1.29, 1.82) is 0 Å². The van der Waals surface area contributed by atoms with Crippen molar-refractivity contribution in [2.75, 3.05) is 0 Å².